The third-order valence-corrected chi connectivity index (χ3v) is 10.3. The van der Waals surface area contributed by atoms with Gasteiger partial charge >= 0.3 is 7.12 Å². The molecule has 4 N–H and O–H groups in total. The number of nitrogens with two attached hydrogens (primary N) is 2. The van der Waals surface area contributed by atoms with E-state index in [1.807, 2.05) is 93.2 Å². The lowest BCUT2D eigenvalue weighted by molar-refractivity contribution is 0.00578. The van der Waals surface area contributed by atoms with Crippen molar-refractivity contribution >= 4 is 68.9 Å². The molecule has 54 heavy (non-hydrogen) atoms. The summed E-state index contributed by atoms with van der Waals surface area (Å²) in [4.78, 5) is 15.9. The number of aryl methyl sites for hydroxylation is 2. The van der Waals surface area contributed by atoms with Crippen LogP contribution >= 0.6 is 22.6 Å². The van der Waals surface area contributed by atoms with Gasteiger partial charge < -0.3 is 29.9 Å². The number of fused-ring (bicyclic) bond motifs is 2. The number of nitrogen functional groups attached to an aromatic ring is 2. The number of pyridine rings is 2. The van der Waals surface area contributed by atoms with E-state index >= 15 is 0 Å². The average Bonchev–Trinajstić information content (AvgIpc) is 3.67. The fourth-order valence-electron chi connectivity index (χ4n) is 6.24. The fourth-order valence-corrected chi connectivity index (χ4v) is 6.70. The molecular formula is C38H44BF4IN8O2. The van der Waals surface area contributed by atoms with E-state index in [1.165, 1.54) is 24.3 Å². The number of rotatable bonds is 4. The second kappa shape index (κ2) is 15.5. The number of nitrogens with zero attached hydrogens (tertiary/aromatic N) is 6. The second-order valence-corrected chi connectivity index (χ2v) is 15.8. The normalized spacial score (nSPS) is 14.8. The van der Waals surface area contributed by atoms with Crippen molar-refractivity contribution in [3.8, 4) is 11.1 Å². The summed E-state index contributed by atoms with van der Waals surface area (Å²) in [5, 5.41) is 0. The van der Waals surface area contributed by atoms with Gasteiger partial charge in [0.2, 0.25) is 0 Å². The van der Waals surface area contributed by atoms with Crippen LogP contribution in [0.15, 0.2) is 48.8 Å². The first-order chi connectivity index (χ1) is 25.1. The third kappa shape index (κ3) is 8.20. The monoisotopic (exact) mass is 858 g/mol. The summed E-state index contributed by atoms with van der Waals surface area (Å²) in [5.41, 5.74) is 13.4. The number of halogens is 5. The number of benzene rings is 2. The number of imidazole rings is 2. The van der Waals surface area contributed by atoms with E-state index < -0.39 is 30.0 Å². The van der Waals surface area contributed by atoms with Crippen molar-refractivity contribution in [3.05, 3.63) is 87.3 Å². The second-order valence-electron chi connectivity index (χ2n) is 14.6. The molecule has 0 amide bonds. The fraction of sp³-hybridized carbons (Fsp3) is 0.368. The van der Waals surface area contributed by atoms with E-state index in [0.29, 0.717) is 31.4 Å². The summed E-state index contributed by atoms with van der Waals surface area (Å²) >= 11 is 1.85. The molecule has 1 aliphatic heterocycles. The van der Waals surface area contributed by atoms with Crippen LogP contribution in [-0.4, -0.2) is 47.4 Å². The molecule has 0 radical (unpaired) electrons. The van der Waals surface area contributed by atoms with Gasteiger partial charge in [0.25, 0.3) is 0 Å². The highest BCUT2D eigenvalue weighted by Crippen LogP contribution is 2.37. The van der Waals surface area contributed by atoms with Gasteiger partial charge in [-0.2, -0.15) is 0 Å². The molecule has 7 rings (SSSR count). The molecule has 0 bridgehead atoms. The Morgan fingerprint density at radius 1 is 0.667 bits per heavy atom. The van der Waals surface area contributed by atoms with Crippen molar-refractivity contribution in [2.24, 2.45) is 0 Å². The number of aromatic nitrogens is 6. The van der Waals surface area contributed by atoms with Gasteiger partial charge in [-0.15, -0.1) is 0 Å². The van der Waals surface area contributed by atoms with Gasteiger partial charge in [-0.05, 0) is 139 Å². The molecule has 6 aromatic rings. The Labute approximate surface area is 326 Å². The molecular weight excluding hydrogens is 814 g/mol. The molecule has 0 aliphatic carbocycles. The van der Waals surface area contributed by atoms with E-state index in [1.54, 1.807) is 6.07 Å². The smallest absolute Gasteiger partial charge is 0.399 e. The molecule has 1 aliphatic rings. The molecule has 286 valence electrons. The van der Waals surface area contributed by atoms with Crippen LogP contribution in [0.1, 0.15) is 79.1 Å². The van der Waals surface area contributed by atoms with Crippen molar-refractivity contribution in [3.63, 3.8) is 0 Å². The standard InChI is InChI=1S/C17H24BFN2O2.C16H16F2N4.C5H4FIN2/c1-10(2)21-11(3)20-15-13(19)8-12(9-14(15)21)18-22-16(4,5)17(6,7)23-18;1-8(2)22-9(3)21-16-12(17)4-10(5-14(16)22)11-6-15(19)20-7-13(11)18;6-3-2-9-5(8)1-4(3)7/h8-10H,1-7H3;4-8H,1-3H3,(H2,19,20);1-2H,(H2,8,9). The maximum absolute atomic E-state index is 14.6. The quantitative estimate of drug-likeness (QED) is 0.102. The molecule has 5 heterocycles. The number of anilines is 2. The molecule has 0 atom stereocenters. The Hall–Kier alpha value is -4.29. The molecule has 0 spiro atoms. The first kappa shape index (κ1) is 40.9. The zero-order valence-corrected chi connectivity index (χ0v) is 34.1. The minimum atomic E-state index is -0.574. The Morgan fingerprint density at radius 2 is 1.13 bits per heavy atom. The molecule has 0 unspecified atom stereocenters. The SMILES string of the molecule is Cc1nc2c(F)cc(-c3cc(N)ncc3F)cc2n1C(C)C.Cc1nc2c(F)cc(B3OC(C)(C)C(C)(C)O3)cc2n1C(C)C.Nc1cc(I)c(F)cn1. The molecule has 10 nitrogen and oxygen atoms in total. The Bertz CT molecular complexity index is 2330. The molecule has 0 saturated carbocycles. The lowest BCUT2D eigenvalue weighted by Gasteiger charge is -2.32. The zero-order valence-electron chi connectivity index (χ0n) is 31.9. The minimum Gasteiger partial charge on any atom is -0.399 e. The first-order valence-corrected chi connectivity index (χ1v) is 18.4. The van der Waals surface area contributed by atoms with Gasteiger partial charge in [-0.1, -0.05) is 0 Å². The van der Waals surface area contributed by atoms with E-state index in [9.17, 15) is 17.6 Å². The van der Waals surface area contributed by atoms with Crippen molar-refractivity contribution < 1.29 is 26.9 Å². The molecule has 1 fully saturated rings. The van der Waals surface area contributed by atoms with Gasteiger partial charge in [0.15, 0.2) is 17.5 Å². The number of hydrogen-bond acceptors (Lipinski definition) is 8. The summed E-state index contributed by atoms with van der Waals surface area (Å²) < 4.78 is 71.8. The maximum Gasteiger partial charge on any atom is 0.495 e. The van der Waals surface area contributed by atoms with E-state index in [4.69, 9.17) is 20.8 Å². The van der Waals surface area contributed by atoms with Gasteiger partial charge in [0.05, 0.1) is 38.2 Å². The maximum atomic E-state index is 14.6. The largest absolute Gasteiger partial charge is 0.495 e. The molecule has 2 aromatic carbocycles. The summed E-state index contributed by atoms with van der Waals surface area (Å²) in [6.45, 7) is 19.8. The van der Waals surface area contributed by atoms with Crippen molar-refractivity contribution in [2.45, 2.75) is 92.5 Å². The summed E-state index contributed by atoms with van der Waals surface area (Å²) in [7, 11) is -0.574. The Kier molecular flexibility index (Phi) is 11.7. The lowest BCUT2D eigenvalue weighted by Crippen LogP contribution is -2.41. The van der Waals surface area contributed by atoms with Gasteiger partial charge in [0, 0.05) is 17.6 Å². The highest BCUT2D eigenvalue weighted by atomic mass is 127. The van der Waals surface area contributed by atoms with Crippen LogP contribution in [0.3, 0.4) is 0 Å². The van der Waals surface area contributed by atoms with E-state index in [-0.39, 0.29) is 40.6 Å². The predicted octanol–water partition coefficient (Wildman–Crippen LogP) is 8.62. The van der Waals surface area contributed by atoms with Crippen LogP contribution in [0.4, 0.5) is 29.2 Å². The van der Waals surface area contributed by atoms with Gasteiger partial charge in [-0.3, -0.25) is 0 Å². The topological polar surface area (TPSA) is 132 Å². The van der Waals surface area contributed by atoms with E-state index in [0.717, 1.165) is 29.6 Å². The van der Waals surface area contributed by atoms with Crippen molar-refractivity contribution in [1.82, 2.24) is 29.1 Å². The van der Waals surface area contributed by atoms with Crippen LogP contribution in [0.2, 0.25) is 0 Å². The average molecular weight is 859 g/mol. The van der Waals surface area contributed by atoms with Crippen LogP contribution in [0.25, 0.3) is 33.2 Å². The van der Waals surface area contributed by atoms with Crippen LogP contribution in [0, 0.1) is 40.7 Å². The van der Waals surface area contributed by atoms with Crippen molar-refractivity contribution in [1.29, 1.82) is 0 Å². The van der Waals surface area contributed by atoms with Gasteiger partial charge in [-0.25, -0.2) is 37.5 Å². The lowest BCUT2D eigenvalue weighted by atomic mass is 9.79. The third-order valence-electron chi connectivity index (χ3n) is 9.45. The highest BCUT2D eigenvalue weighted by molar-refractivity contribution is 14.1. The van der Waals surface area contributed by atoms with Crippen LogP contribution < -0.4 is 16.9 Å². The van der Waals surface area contributed by atoms with Gasteiger partial charge in [0.1, 0.15) is 40.1 Å². The van der Waals surface area contributed by atoms with Crippen LogP contribution in [-0.2, 0) is 9.31 Å². The highest BCUT2D eigenvalue weighted by Gasteiger charge is 2.52. The number of hydrogen-bond donors (Lipinski definition) is 2. The summed E-state index contributed by atoms with van der Waals surface area (Å²) in [5.74, 6) is 0.367. The van der Waals surface area contributed by atoms with E-state index in [2.05, 4.69) is 33.8 Å². The summed E-state index contributed by atoms with van der Waals surface area (Å²) in [6.07, 6.45) is 2.15. The molecule has 4 aromatic heterocycles. The Balaban J connectivity index is 0.000000170. The van der Waals surface area contributed by atoms with Crippen LogP contribution in [0.5, 0.6) is 0 Å². The first-order valence-electron chi connectivity index (χ1n) is 17.3. The Morgan fingerprint density at radius 3 is 1.61 bits per heavy atom. The summed E-state index contributed by atoms with van der Waals surface area (Å²) in [6, 6.07) is 9.62. The predicted molar refractivity (Wildman–Crippen MR) is 214 cm³/mol. The van der Waals surface area contributed by atoms with Crippen molar-refractivity contribution in [2.75, 3.05) is 11.5 Å². The molecule has 1 saturated heterocycles. The zero-order chi connectivity index (χ0) is 40.0. The molecule has 16 heteroatoms. The minimum absolute atomic E-state index is 0.118.